The molecule has 1 aromatic carbocycles. The second-order valence-corrected chi connectivity index (χ2v) is 11.9. The molecule has 4 aromatic rings. The van der Waals surface area contributed by atoms with Crippen LogP contribution in [0.5, 0.6) is 11.5 Å². The number of hydrogen-bond donors (Lipinski definition) is 2. The first-order valence-corrected chi connectivity index (χ1v) is 14.8. The number of aromatic amines is 1. The number of aromatic nitrogens is 3. The standard InChI is InChI=1S/C32H34F3N7O3/c1-19-16-42(28(43)12-20-3-4-21(25(11-20)32(33,34)35)17-41-9-7-40(2)8-10-41)18-22-13-23(15-38-29(19)22)45-27-5-6-37-31-24(27)14-26(39-31)30(36)44/h3-6,11,13-15,19H,7-10,12,16-18H2,1-2H3,(H2,36,44)(H,37,39)/t19-/m0/s1. The second kappa shape index (κ2) is 12.1. The molecule has 0 saturated carbocycles. The summed E-state index contributed by atoms with van der Waals surface area (Å²) in [6.07, 6.45) is -1.53. The van der Waals surface area contributed by atoms with Gasteiger partial charge in [-0.3, -0.25) is 19.5 Å². The highest BCUT2D eigenvalue weighted by molar-refractivity contribution is 5.97. The summed E-state index contributed by atoms with van der Waals surface area (Å²) in [5, 5.41) is 0.571. The molecule has 0 aliphatic carbocycles. The molecule has 5 heterocycles. The third-order valence-electron chi connectivity index (χ3n) is 8.46. The van der Waals surface area contributed by atoms with E-state index in [1.54, 1.807) is 35.4 Å². The van der Waals surface area contributed by atoms with Gasteiger partial charge in [-0.15, -0.1) is 0 Å². The summed E-state index contributed by atoms with van der Waals surface area (Å²) in [5.74, 6) is -0.0988. The number of nitrogens with two attached hydrogens (primary N) is 1. The van der Waals surface area contributed by atoms with Crippen LogP contribution in [0.25, 0.3) is 11.0 Å². The Balaban J connectivity index is 1.17. The number of likely N-dealkylation sites (N-methyl/N-ethyl adjacent to an activating group) is 1. The van der Waals surface area contributed by atoms with Crippen molar-refractivity contribution < 1.29 is 27.5 Å². The Morgan fingerprint density at radius 2 is 1.87 bits per heavy atom. The number of carbonyl (C=O) groups excluding carboxylic acids is 2. The largest absolute Gasteiger partial charge is 0.455 e. The van der Waals surface area contributed by atoms with Gasteiger partial charge in [-0.2, -0.15) is 13.2 Å². The molecule has 1 saturated heterocycles. The van der Waals surface area contributed by atoms with Gasteiger partial charge in [0, 0.05) is 57.9 Å². The van der Waals surface area contributed by atoms with Crippen molar-refractivity contribution in [3.05, 3.63) is 82.4 Å². The maximum atomic E-state index is 14.1. The van der Waals surface area contributed by atoms with Gasteiger partial charge in [-0.1, -0.05) is 19.1 Å². The molecule has 13 heteroatoms. The van der Waals surface area contributed by atoms with Crippen LogP contribution in [0.3, 0.4) is 0 Å². The lowest BCUT2D eigenvalue weighted by atomic mass is 9.95. The number of carbonyl (C=O) groups is 2. The van der Waals surface area contributed by atoms with Gasteiger partial charge in [0.2, 0.25) is 5.91 Å². The monoisotopic (exact) mass is 621 g/mol. The number of halogens is 3. The van der Waals surface area contributed by atoms with E-state index in [2.05, 4.69) is 19.9 Å². The summed E-state index contributed by atoms with van der Waals surface area (Å²) in [4.78, 5) is 42.6. The summed E-state index contributed by atoms with van der Waals surface area (Å²) in [6.45, 7) is 5.86. The Morgan fingerprint density at radius 3 is 2.60 bits per heavy atom. The maximum absolute atomic E-state index is 14.1. The number of fused-ring (bicyclic) bond motifs is 2. The van der Waals surface area contributed by atoms with Crippen LogP contribution in [-0.2, 0) is 30.5 Å². The van der Waals surface area contributed by atoms with Gasteiger partial charge in [-0.25, -0.2) is 4.98 Å². The molecule has 1 atom stereocenters. The second-order valence-electron chi connectivity index (χ2n) is 11.9. The molecule has 45 heavy (non-hydrogen) atoms. The minimum absolute atomic E-state index is 0.0844. The average Bonchev–Trinajstić information content (AvgIpc) is 3.44. The van der Waals surface area contributed by atoms with Crippen LogP contribution in [0.1, 0.15) is 51.3 Å². The number of amides is 2. The van der Waals surface area contributed by atoms with Crippen LogP contribution in [-0.4, -0.2) is 81.2 Å². The highest BCUT2D eigenvalue weighted by Gasteiger charge is 2.35. The van der Waals surface area contributed by atoms with E-state index in [0.29, 0.717) is 47.7 Å². The van der Waals surface area contributed by atoms with Crippen molar-refractivity contribution >= 4 is 22.8 Å². The van der Waals surface area contributed by atoms with E-state index in [1.165, 1.54) is 12.3 Å². The third-order valence-corrected chi connectivity index (χ3v) is 8.46. The molecule has 2 aliphatic rings. The number of benzene rings is 1. The van der Waals surface area contributed by atoms with Gasteiger partial charge in [0.15, 0.2) is 0 Å². The van der Waals surface area contributed by atoms with Crippen LogP contribution < -0.4 is 10.5 Å². The normalized spacial score (nSPS) is 17.8. The molecular formula is C32H34F3N7O3. The zero-order chi connectivity index (χ0) is 31.9. The van der Waals surface area contributed by atoms with Gasteiger partial charge < -0.3 is 25.3 Å². The van der Waals surface area contributed by atoms with Gasteiger partial charge in [0.05, 0.1) is 29.3 Å². The fourth-order valence-corrected chi connectivity index (χ4v) is 6.02. The van der Waals surface area contributed by atoms with E-state index in [0.717, 1.165) is 30.4 Å². The van der Waals surface area contributed by atoms with Gasteiger partial charge in [0.1, 0.15) is 22.8 Å². The molecule has 0 unspecified atom stereocenters. The van der Waals surface area contributed by atoms with Crippen LogP contribution >= 0.6 is 0 Å². The number of alkyl halides is 3. The number of hydrogen-bond acceptors (Lipinski definition) is 7. The number of pyridine rings is 2. The molecule has 2 aliphatic heterocycles. The summed E-state index contributed by atoms with van der Waals surface area (Å²) in [5.41, 5.74) is 7.51. The van der Waals surface area contributed by atoms with Crippen LogP contribution in [0, 0.1) is 0 Å². The van der Waals surface area contributed by atoms with E-state index in [9.17, 15) is 22.8 Å². The first kappa shape index (κ1) is 30.5. The molecule has 0 radical (unpaired) electrons. The summed E-state index contributed by atoms with van der Waals surface area (Å²) in [6, 6.07) is 9.30. The predicted octanol–water partition coefficient (Wildman–Crippen LogP) is 4.30. The number of ether oxygens (including phenoxy) is 1. The van der Waals surface area contributed by atoms with Gasteiger partial charge >= 0.3 is 6.18 Å². The van der Waals surface area contributed by atoms with Crippen LogP contribution in [0.2, 0.25) is 0 Å². The van der Waals surface area contributed by atoms with Crippen molar-refractivity contribution in [1.29, 1.82) is 0 Å². The lowest BCUT2D eigenvalue weighted by molar-refractivity contribution is -0.138. The van der Waals surface area contributed by atoms with E-state index < -0.39 is 17.6 Å². The molecule has 236 valence electrons. The number of piperazine rings is 1. The quantitative estimate of drug-likeness (QED) is 0.316. The Morgan fingerprint density at radius 1 is 1.09 bits per heavy atom. The Labute approximate surface area is 258 Å². The highest BCUT2D eigenvalue weighted by atomic mass is 19.4. The smallest absolute Gasteiger partial charge is 0.416 e. The highest BCUT2D eigenvalue weighted by Crippen LogP contribution is 2.35. The van der Waals surface area contributed by atoms with Crippen molar-refractivity contribution in [2.24, 2.45) is 5.73 Å². The number of rotatable bonds is 7. The summed E-state index contributed by atoms with van der Waals surface area (Å²) < 4.78 is 48.4. The van der Waals surface area contributed by atoms with E-state index in [4.69, 9.17) is 10.5 Å². The van der Waals surface area contributed by atoms with E-state index in [1.807, 2.05) is 18.9 Å². The SMILES string of the molecule is C[C@H]1CN(C(=O)Cc2ccc(CN3CCN(C)CC3)c(C(F)(F)F)c2)Cc2cc(Oc3ccnc4[nH]c(C(N)=O)cc34)cnc21. The predicted molar refractivity (Wildman–Crippen MR) is 161 cm³/mol. The molecule has 1 fully saturated rings. The van der Waals surface area contributed by atoms with Gasteiger partial charge in [0.25, 0.3) is 5.91 Å². The summed E-state index contributed by atoms with van der Waals surface area (Å²) in [7, 11) is 2.00. The summed E-state index contributed by atoms with van der Waals surface area (Å²) >= 11 is 0. The molecule has 6 rings (SSSR count). The zero-order valence-electron chi connectivity index (χ0n) is 25.0. The Hall–Kier alpha value is -4.49. The van der Waals surface area contributed by atoms with Crippen molar-refractivity contribution in [3.63, 3.8) is 0 Å². The molecule has 2 amide bonds. The molecule has 3 aromatic heterocycles. The number of primary amides is 1. The minimum atomic E-state index is -4.52. The van der Waals surface area contributed by atoms with Crippen LogP contribution in [0.15, 0.2) is 48.8 Å². The van der Waals surface area contributed by atoms with Gasteiger partial charge in [-0.05, 0) is 48.0 Å². The lowest BCUT2D eigenvalue weighted by Gasteiger charge is -2.33. The fraction of sp³-hybridized carbons (Fsp3) is 0.375. The molecule has 3 N–H and O–H groups in total. The van der Waals surface area contributed by atoms with Crippen molar-refractivity contribution in [2.45, 2.75) is 38.5 Å². The Bertz CT molecular complexity index is 1750. The van der Waals surface area contributed by atoms with Crippen molar-refractivity contribution in [3.8, 4) is 11.5 Å². The zero-order valence-corrected chi connectivity index (χ0v) is 25.0. The topological polar surface area (TPSA) is 121 Å². The third kappa shape index (κ3) is 6.64. The van der Waals surface area contributed by atoms with E-state index >= 15 is 0 Å². The van der Waals surface area contributed by atoms with Crippen LogP contribution in [0.4, 0.5) is 13.2 Å². The van der Waals surface area contributed by atoms with Crippen molar-refractivity contribution in [2.75, 3.05) is 39.8 Å². The first-order chi connectivity index (χ1) is 21.4. The average molecular weight is 622 g/mol. The molecule has 0 bridgehead atoms. The Kier molecular flexibility index (Phi) is 8.23. The number of H-pyrrole nitrogens is 1. The molecule has 0 spiro atoms. The van der Waals surface area contributed by atoms with E-state index in [-0.39, 0.29) is 42.6 Å². The lowest BCUT2D eigenvalue weighted by Crippen LogP contribution is -2.44. The maximum Gasteiger partial charge on any atom is 0.416 e. The fourth-order valence-electron chi connectivity index (χ4n) is 6.02. The number of nitrogens with zero attached hydrogens (tertiary/aromatic N) is 5. The number of nitrogens with one attached hydrogen (secondary N) is 1. The molecule has 10 nitrogen and oxygen atoms in total. The molecular weight excluding hydrogens is 587 g/mol. The minimum Gasteiger partial charge on any atom is -0.455 e. The first-order valence-electron chi connectivity index (χ1n) is 14.8. The van der Waals surface area contributed by atoms with Crippen molar-refractivity contribution in [1.82, 2.24) is 29.7 Å².